The maximum atomic E-state index is 12.2. The summed E-state index contributed by atoms with van der Waals surface area (Å²) in [4.78, 5) is 18.9. The van der Waals surface area contributed by atoms with Crippen LogP contribution >= 0.6 is 12.2 Å². The summed E-state index contributed by atoms with van der Waals surface area (Å²) in [6.45, 7) is 5.11. The summed E-state index contributed by atoms with van der Waals surface area (Å²) in [5, 5.41) is 4.11. The van der Waals surface area contributed by atoms with E-state index in [-0.39, 0.29) is 12.1 Å². The molecule has 0 radical (unpaired) electrons. The first kappa shape index (κ1) is 21.1. The molecule has 0 aliphatic carbocycles. The molecule has 0 amide bonds. The number of nitrogens with one attached hydrogen (secondary N) is 1. The molecule has 1 saturated heterocycles. The predicted octanol–water partition coefficient (Wildman–Crippen LogP) is 4.76. The van der Waals surface area contributed by atoms with E-state index in [1.807, 2.05) is 42.5 Å². The predicted molar refractivity (Wildman–Crippen MR) is 122 cm³/mol. The van der Waals surface area contributed by atoms with Crippen LogP contribution < -0.4 is 5.32 Å². The number of esters is 1. The minimum atomic E-state index is -0.398. The second-order valence-corrected chi connectivity index (χ2v) is 8.30. The van der Waals surface area contributed by atoms with Crippen LogP contribution in [-0.4, -0.2) is 34.6 Å². The first-order valence-electron chi connectivity index (χ1n) is 10.2. The Hall–Kier alpha value is -3.19. The van der Waals surface area contributed by atoms with Crippen molar-refractivity contribution in [3.05, 3.63) is 77.8 Å². The van der Waals surface area contributed by atoms with E-state index in [1.54, 1.807) is 18.3 Å². The van der Waals surface area contributed by atoms with Gasteiger partial charge in [0.25, 0.3) is 0 Å². The van der Waals surface area contributed by atoms with Gasteiger partial charge in [-0.15, -0.1) is 0 Å². The van der Waals surface area contributed by atoms with Gasteiger partial charge >= 0.3 is 5.97 Å². The maximum Gasteiger partial charge on any atom is 0.338 e. The second-order valence-electron chi connectivity index (χ2n) is 7.91. The molecule has 31 heavy (non-hydrogen) atoms. The molecule has 0 saturated carbocycles. The fourth-order valence-corrected chi connectivity index (χ4v) is 4.26. The zero-order valence-corrected chi connectivity index (χ0v) is 18.6. The van der Waals surface area contributed by atoms with Gasteiger partial charge in [-0.2, -0.15) is 0 Å². The van der Waals surface area contributed by atoms with E-state index in [2.05, 4.69) is 29.0 Å². The molecule has 160 valence electrons. The monoisotopic (exact) mass is 435 g/mol. The maximum absolute atomic E-state index is 12.2. The van der Waals surface area contributed by atoms with E-state index < -0.39 is 5.97 Å². The van der Waals surface area contributed by atoms with Crippen LogP contribution in [0.4, 0.5) is 0 Å². The number of hydrogen-bond donors (Lipinski definition) is 1. The summed E-state index contributed by atoms with van der Waals surface area (Å²) in [6.07, 6.45) is 1.78. The number of nitrogens with zero attached hydrogens (tertiary/aromatic N) is 2. The Morgan fingerprint density at radius 2 is 1.97 bits per heavy atom. The number of hydrogen-bond acceptors (Lipinski definition) is 5. The number of thiocarbonyl (C=S) groups is 1. The molecule has 7 heteroatoms. The third kappa shape index (κ3) is 4.18. The molecule has 2 atom stereocenters. The Morgan fingerprint density at radius 3 is 2.68 bits per heavy atom. The molecule has 1 aliphatic heterocycles. The van der Waals surface area contributed by atoms with Crippen molar-refractivity contribution < 1.29 is 13.9 Å². The lowest BCUT2D eigenvalue weighted by molar-refractivity contribution is 0.0601. The molecule has 0 bridgehead atoms. The van der Waals surface area contributed by atoms with E-state index in [0.29, 0.717) is 27.9 Å². The standard InChI is InChI=1S/C24H25N3O3S/c1-15(2)14-27-22(21(26-24(27)31)18-10-6-7-13-25-18)20-12-11-19(30-20)16-8-4-5-9-17(16)23(28)29-3/h4-13,15,21-22H,14H2,1-3H3,(H,26,31)/t21-,22+/m1/s1. The molecular formula is C24H25N3O3S. The highest BCUT2D eigenvalue weighted by molar-refractivity contribution is 7.80. The van der Waals surface area contributed by atoms with Crippen molar-refractivity contribution in [2.75, 3.05) is 13.7 Å². The van der Waals surface area contributed by atoms with Crippen molar-refractivity contribution in [1.82, 2.24) is 15.2 Å². The van der Waals surface area contributed by atoms with Crippen molar-refractivity contribution in [3.63, 3.8) is 0 Å². The van der Waals surface area contributed by atoms with E-state index in [0.717, 1.165) is 18.0 Å². The molecule has 6 nitrogen and oxygen atoms in total. The van der Waals surface area contributed by atoms with Crippen LogP contribution in [0.5, 0.6) is 0 Å². The van der Waals surface area contributed by atoms with Gasteiger partial charge in [0, 0.05) is 18.3 Å². The molecule has 1 aliphatic rings. The SMILES string of the molecule is COC(=O)c1ccccc1-c1ccc([C@H]2[C@@H](c3ccccn3)NC(=S)N2CC(C)C)o1. The Labute approximate surface area is 187 Å². The number of furan rings is 1. The molecule has 1 N–H and O–H groups in total. The number of ether oxygens (including phenoxy) is 1. The molecule has 1 aromatic carbocycles. The van der Waals surface area contributed by atoms with Gasteiger partial charge in [0.15, 0.2) is 5.11 Å². The lowest BCUT2D eigenvalue weighted by Gasteiger charge is -2.27. The summed E-state index contributed by atoms with van der Waals surface area (Å²) < 4.78 is 11.3. The molecule has 4 rings (SSSR count). The molecule has 0 spiro atoms. The van der Waals surface area contributed by atoms with Crippen LogP contribution in [0.25, 0.3) is 11.3 Å². The minimum Gasteiger partial charge on any atom is -0.465 e. The first-order valence-corrected chi connectivity index (χ1v) is 10.7. The minimum absolute atomic E-state index is 0.137. The summed E-state index contributed by atoms with van der Waals surface area (Å²) in [5.74, 6) is 1.39. The van der Waals surface area contributed by atoms with Crippen molar-refractivity contribution in [2.45, 2.75) is 25.9 Å². The van der Waals surface area contributed by atoms with Gasteiger partial charge < -0.3 is 19.4 Å². The van der Waals surface area contributed by atoms with Gasteiger partial charge in [0.1, 0.15) is 17.6 Å². The average molecular weight is 436 g/mol. The van der Waals surface area contributed by atoms with Crippen LogP contribution in [0.2, 0.25) is 0 Å². The fraction of sp³-hybridized carbons (Fsp3) is 0.292. The second kappa shape index (κ2) is 8.89. The highest BCUT2D eigenvalue weighted by atomic mass is 32.1. The van der Waals surface area contributed by atoms with Gasteiger partial charge in [-0.25, -0.2) is 4.79 Å². The van der Waals surface area contributed by atoms with E-state index in [4.69, 9.17) is 21.4 Å². The van der Waals surface area contributed by atoms with Crippen molar-refractivity contribution >= 4 is 23.3 Å². The van der Waals surface area contributed by atoms with Crippen molar-refractivity contribution in [2.24, 2.45) is 5.92 Å². The number of rotatable bonds is 6. The number of methoxy groups -OCH3 is 1. The summed E-state index contributed by atoms with van der Waals surface area (Å²) >= 11 is 5.67. The van der Waals surface area contributed by atoms with Crippen molar-refractivity contribution in [3.8, 4) is 11.3 Å². The number of pyridine rings is 1. The molecule has 1 fully saturated rings. The van der Waals surface area contributed by atoms with Gasteiger partial charge in [0.05, 0.1) is 24.4 Å². The normalized spacial score (nSPS) is 18.3. The van der Waals surface area contributed by atoms with Gasteiger partial charge in [-0.05, 0) is 48.5 Å². The molecule has 2 aromatic heterocycles. The molecule has 3 heterocycles. The van der Waals surface area contributed by atoms with Crippen LogP contribution in [0.1, 0.15) is 47.7 Å². The summed E-state index contributed by atoms with van der Waals surface area (Å²) in [6, 6.07) is 16.7. The number of carbonyl (C=O) groups excluding carboxylic acids is 1. The molecule has 3 aromatic rings. The average Bonchev–Trinajstić information content (AvgIpc) is 3.38. The lowest BCUT2D eigenvalue weighted by atomic mass is 10.0. The first-order chi connectivity index (χ1) is 15.0. The van der Waals surface area contributed by atoms with E-state index in [1.165, 1.54) is 7.11 Å². The Balaban J connectivity index is 1.75. The van der Waals surface area contributed by atoms with E-state index >= 15 is 0 Å². The summed E-state index contributed by atoms with van der Waals surface area (Å²) in [5.41, 5.74) is 2.05. The smallest absolute Gasteiger partial charge is 0.338 e. The zero-order chi connectivity index (χ0) is 22.0. The third-order valence-electron chi connectivity index (χ3n) is 5.28. The Kier molecular flexibility index (Phi) is 6.04. The quantitative estimate of drug-likeness (QED) is 0.442. The summed E-state index contributed by atoms with van der Waals surface area (Å²) in [7, 11) is 1.37. The molecule has 0 unspecified atom stereocenters. The lowest BCUT2D eigenvalue weighted by Crippen LogP contribution is -2.32. The number of benzene rings is 1. The third-order valence-corrected chi connectivity index (χ3v) is 5.63. The van der Waals surface area contributed by atoms with Crippen LogP contribution in [0.3, 0.4) is 0 Å². The van der Waals surface area contributed by atoms with Gasteiger partial charge in [-0.1, -0.05) is 38.1 Å². The number of carbonyl (C=O) groups is 1. The van der Waals surface area contributed by atoms with Crippen LogP contribution in [0.15, 0.2) is 65.2 Å². The van der Waals surface area contributed by atoms with Gasteiger partial charge in [-0.3, -0.25) is 4.98 Å². The van der Waals surface area contributed by atoms with Crippen molar-refractivity contribution in [1.29, 1.82) is 0 Å². The number of aromatic nitrogens is 1. The largest absolute Gasteiger partial charge is 0.465 e. The fourth-order valence-electron chi connectivity index (χ4n) is 3.95. The van der Waals surface area contributed by atoms with Gasteiger partial charge in [0.2, 0.25) is 0 Å². The van der Waals surface area contributed by atoms with Crippen LogP contribution in [-0.2, 0) is 4.74 Å². The Bertz CT molecular complexity index is 1080. The topological polar surface area (TPSA) is 67.6 Å². The highest BCUT2D eigenvalue weighted by Gasteiger charge is 2.41. The zero-order valence-electron chi connectivity index (χ0n) is 17.7. The van der Waals surface area contributed by atoms with E-state index in [9.17, 15) is 4.79 Å². The van der Waals surface area contributed by atoms with Crippen LogP contribution in [0, 0.1) is 5.92 Å². The molecular weight excluding hydrogens is 410 g/mol. The Morgan fingerprint density at radius 1 is 1.19 bits per heavy atom. The highest BCUT2D eigenvalue weighted by Crippen LogP contribution is 2.41.